The zero-order valence-corrected chi connectivity index (χ0v) is 8.39. The summed E-state index contributed by atoms with van der Waals surface area (Å²) in [4.78, 5) is 0. The van der Waals surface area contributed by atoms with Crippen LogP contribution in [0.4, 0.5) is 0 Å². The monoisotopic (exact) mass is 204 g/mol. The number of ether oxygens (including phenoxy) is 1. The zero-order valence-electron chi connectivity index (χ0n) is 7.57. The third-order valence-corrected chi connectivity index (χ3v) is 3.35. The fourth-order valence-corrected chi connectivity index (χ4v) is 2.49. The number of hydrogen-bond acceptors (Lipinski definition) is 3. The lowest BCUT2D eigenvalue weighted by Gasteiger charge is -1.89. The molecule has 0 unspecified atom stereocenters. The molecule has 3 rings (SSSR count). The zero-order chi connectivity index (χ0) is 9.54. The van der Waals surface area contributed by atoms with E-state index < -0.39 is 0 Å². The number of methoxy groups -OCH3 is 1. The summed E-state index contributed by atoms with van der Waals surface area (Å²) in [6.07, 6.45) is 1.83. The Balaban J connectivity index is 2.49. The molecule has 0 saturated heterocycles. The minimum absolute atomic E-state index is 0.933. The van der Waals surface area contributed by atoms with Gasteiger partial charge in [0.25, 0.3) is 0 Å². The molecule has 0 aliphatic rings. The van der Waals surface area contributed by atoms with Gasteiger partial charge in [0.2, 0.25) is 0 Å². The quantitative estimate of drug-likeness (QED) is 0.661. The third-order valence-electron chi connectivity index (χ3n) is 2.29. The number of aromatic amines is 1. The van der Waals surface area contributed by atoms with Crippen LogP contribution in [0.2, 0.25) is 0 Å². The summed E-state index contributed by atoms with van der Waals surface area (Å²) < 4.78 is 6.43. The van der Waals surface area contributed by atoms with E-state index in [9.17, 15) is 0 Å². The van der Waals surface area contributed by atoms with Crippen molar-refractivity contribution in [1.82, 2.24) is 10.2 Å². The Hall–Kier alpha value is -1.55. The van der Waals surface area contributed by atoms with Gasteiger partial charge in [0.1, 0.15) is 0 Å². The van der Waals surface area contributed by atoms with Crippen molar-refractivity contribution >= 4 is 32.3 Å². The van der Waals surface area contributed by atoms with Gasteiger partial charge in [-0.15, -0.1) is 0 Å². The Morgan fingerprint density at radius 2 is 2.36 bits per heavy atom. The van der Waals surface area contributed by atoms with Gasteiger partial charge in [0.15, 0.2) is 5.06 Å². The average Bonchev–Trinajstić information content (AvgIpc) is 2.82. The highest BCUT2D eigenvalue weighted by Crippen LogP contribution is 2.34. The molecule has 1 N–H and O–H groups in total. The van der Waals surface area contributed by atoms with Crippen LogP contribution in [-0.4, -0.2) is 17.3 Å². The van der Waals surface area contributed by atoms with Crippen molar-refractivity contribution in [2.75, 3.05) is 7.11 Å². The predicted molar refractivity (Wildman–Crippen MR) is 58.0 cm³/mol. The van der Waals surface area contributed by atoms with Gasteiger partial charge in [0.05, 0.1) is 18.8 Å². The Kier molecular flexibility index (Phi) is 1.52. The van der Waals surface area contributed by atoms with Gasteiger partial charge in [-0.2, -0.15) is 5.10 Å². The molecular weight excluding hydrogens is 196 g/mol. The van der Waals surface area contributed by atoms with Crippen LogP contribution in [0.1, 0.15) is 0 Å². The fraction of sp³-hybridized carbons (Fsp3) is 0.100. The van der Waals surface area contributed by atoms with Crippen molar-refractivity contribution in [3.05, 3.63) is 24.4 Å². The molecule has 4 heteroatoms. The second-order valence-electron chi connectivity index (χ2n) is 3.08. The number of H-pyrrole nitrogens is 1. The number of hydrogen-bond donors (Lipinski definition) is 1. The summed E-state index contributed by atoms with van der Waals surface area (Å²) >= 11 is 1.65. The van der Waals surface area contributed by atoms with Crippen molar-refractivity contribution in [1.29, 1.82) is 0 Å². The molecule has 0 aliphatic heterocycles. The SMILES string of the molecule is COc1cc2c(ccc3cn[nH]c32)s1. The van der Waals surface area contributed by atoms with Crippen LogP contribution in [-0.2, 0) is 0 Å². The first-order valence-corrected chi connectivity index (χ1v) is 5.10. The smallest absolute Gasteiger partial charge is 0.174 e. The minimum atomic E-state index is 0.933. The molecule has 0 radical (unpaired) electrons. The van der Waals surface area contributed by atoms with Crippen molar-refractivity contribution in [3.63, 3.8) is 0 Å². The largest absolute Gasteiger partial charge is 0.487 e. The topological polar surface area (TPSA) is 37.9 Å². The molecule has 0 bridgehead atoms. The highest BCUT2D eigenvalue weighted by molar-refractivity contribution is 7.20. The summed E-state index contributed by atoms with van der Waals surface area (Å²) in [5.41, 5.74) is 1.09. The lowest BCUT2D eigenvalue weighted by atomic mass is 10.2. The number of nitrogens with zero attached hydrogens (tertiary/aromatic N) is 1. The van der Waals surface area contributed by atoms with Gasteiger partial charge in [-0.1, -0.05) is 11.3 Å². The molecule has 2 heterocycles. The fourth-order valence-electron chi connectivity index (χ4n) is 1.60. The molecule has 0 aliphatic carbocycles. The van der Waals surface area contributed by atoms with E-state index in [0.29, 0.717) is 0 Å². The first kappa shape index (κ1) is 7.82. The van der Waals surface area contributed by atoms with Gasteiger partial charge in [-0.3, -0.25) is 5.10 Å². The molecule has 0 spiro atoms. The number of aromatic nitrogens is 2. The molecule has 0 atom stereocenters. The van der Waals surface area contributed by atoms with Gasteiger partial charge >= 0.3 is 0 Å². The maximum atomic E-state index is 5.21. The van der Waals surface area contributed by atoms with Crippen LogP contribution in [0.25, 0.3) is 21.0 Å². The van der Waals surface area contributed by atoms with E-state index >= 15 is 0 Å². The van der Waals surface area contributed by atoms with Crippen LogP contribution < -0.4 is 4.74 Å². The summed E-state index contributed by atoms with van der Waals surface area (Å²) in [6, 6.07) is 6.21. The van der Waals surface area contributed by atoms with Crippen molar-refractivity contribution in [2.24, 2.45) is 0 Å². The van der Waals surface area contributed by atoms with E-state index in [4.69, 9.17) is 4.74 Å². The van der Waals surface area contributed by atoms with Crippen LogP contribution in [0.3, 0.4) is 0 Å². The Morgan fingerprint density at radius 3 is 3.21 bits per heavy atom. The van der Waals surface area contributed by atoms with Crippen LogP contribution in [0.5, 0.6) is 5.06 Å². The molecule has 0 saturated carbocycles. The number of fused-ring (bicyclic) bond motifs is 3. The standard InChI is InChI=1S/C10H8N2OS/c1-13-9-4-7-8(14-9)3-2-6-5-11-12-10(6)7/h2-5H,1H3,(H,11,12). The molecule has 2 aromatic heterocycles. The Labute approximate surface area is 84.3 Å². The van der Waals surface area contributed by atoms with E-state index in [1.807, 2.05) is 12.3 Å². The first-order valence-electron chi connectivity index (χ1n) is 4.28. The summed E-state index contributed by atoms with van der Waals surface area (Å²) in [5.74, 6) is 0. The van der Waals surface area contributed by atoms with Gasteiger partial charge in [-0.05, 0) is 12.1 Å². The molecule has 1 aromatic carbocycles. The van der Waals surface area contributed by atoms with Gasteiger partial charge in [0, 0.05) is 21.5 Å². The summed E-state index contributed by atoms with van der Waals surface area (Å²) in [6.45, 7) is 0. The molecule has 0 amide bonds. The van der Waals surface area contributed by atoms with Gasteiger partial charge in [-0.25, -0.2) is 0 Å². The van der Waals surface area contributed by atoms with E-state index in [-0.39, 0.29) is 0 Å². The van der Waals surface area contributed by atoms with Crippen molar-refractivity contribution in [2.45, 2.75) is 0 Å². The number of thiophene rings is 1. The number of rotatable bonds is 1. The van der Waals surface area contributed by atoms with Crippen LogP contribution in [0.15, 0.2) is 24.4 Å². The minimum Gasteiger partial charge on any atom is -0.487 e. The molecule has 70 valence electrons. The summed E-state index contributed by atoms with van der Waals surface area (Å²) in [7, 11) is 1.69. The lowest BCUT2D eigenvalue weighted by molar-refractivity contribution is 0.427. The molecule has 3 nitrogen and oxygen atoms in total. The van der Waals surface area contributed by atoms with E-state index in [1.54, 1.807) is 18.4 Å². The Bertz CT molecular complexity index is 596. The second kappa shape index (κ2) is 2.72. The maximum Gasteiger partial charge on any atom is 0.174 e. The number of nitrogens with one attached hydrogen (secondary N) is 1. The molecule has 0 fully saturated rings. The Morgan fingerprint density at radius 1 is 1.43 bits per heavy atom. The normalized spacial score (nSPS) is 11.2. The lowest BCUT2D eigenvalue weighted by Crippen LogP contribution is -1.74. The maximum absolute atomic E-state index is 5.21. The van der Waals surface area contributed by atoms with Gasteiger partial charge < -0.3 is 4.74 Å². The van der Waals surface area contributed by atoms with Crippen molar-refractivity contribution in [3.8, 4) is 5.06 Å². The van der Waals surface area contributed by atoms with E-state index in [2.05, 4.69) is 22.3 Å². The van der Waals surface area contributed by atoms with E-state index in [1.165, 1.54) is 10.1 Å². The van der Waals surface area contributed by atoms with Crippen LogP contribution >= 0.6 is 11.3 Å². The first-order chi connectivity index (χ1) is 6.88. The highest BCUT2D eigenvalue weighted by Gasteiger charge is 2.06. The van der Waals surface area contributed by atoms with Crippen molar-refractivity contribution < 1.29 is 4.74 Å². The molecule has 3 aromatic rings. The average molecular weight is 204 g/mol. The highest BCUT2D eigenvalue weighted by atomic mass is 32.1. The predicted octanol–water partition coefficient (Wildman–Crippen LogP) is 2.79. The second-order valence-corrected chi connectivity index (χ2v) is 4.13. The third kappa shape index (κ3) is 0.943. The molecule has 14 heavy (non-hydrogen) atoms. The molecular formula is C10H8N2OS. The van der Waals surface area contributed by atoms with E-state index in [0.717, 1.165) is 16.0 Å². The summed E-state index contributed by atoms with van der Waals surface area (Å²) in [5, 5.41) is 10.3. The number of benzene rings is 1. The van der Waals surface area contributed by atoms with Crippen LogP contribution in [0, 0.1) is 0 Å².